The molecule has 0 bridgehead atoms. The molecule has 1 aliphatic rings. The number of fused-ring (bicyclic) bond motifs is 1. The van der Waals surface area contributed by atoms with Crippen LogP contribution in [0.15, 0.2) is 30.6 Å². The number of aromatic nitrogens is 3. The van der Waals surface area contributed by atoms with Crippen molar-refractivity contribution in [2.45, 2.75) is 26.3 Å². The zero-order chi connectivity index (χ0) is 20.0. The molecule has 1 saturated heterocycles. The van der Waals surface area contributed by atoms with Crippen molar-refractivity contribution in [2.75, 3.05) is 32.9 Å². The number of hydrogen-bond acceptors (Lipinski definition) is 5. The molecule has 146 valence electrons. The molecule has 7 heteroatoms. The first-order valence-corrected chi connectivity index (χ1v) is 9.52. The van der Waals surface area contributed by atoms with E-state index in [4.69, 9.17) is 5.73 Å². The van der Waals surface area contributed by atoms with Crippen LogP contribution in [0.2, 0.25) is 0 Å². The van der Waals surface area contributed by atoms with Gasteiger partial charge in [0, 0.05) is 30.9 Å². The van der Waals surface area contributed by atoms with E-state index in [0.717, 1.165) is 36.2 Å². The number of nitrogens with two attached hydrogens (primary N) is 1. The molecular weight excluding hydrogens is 352 g/mol. The van der Waals surface area contributed by atoms with E-state index in [1.807, 2.05) is 25.1 Å². The van der Waals surface area contributed by atoms with Crippen LogP contribution in [0.1, 0.15) is 27.9 Å². The predicted molar refractivity (Wildman–Crippen MR) is 110 cm³/mol. The van der Waals surface area contributed by atoms with Gasteiger partial charge < -0.3 is 15.5 Å². The van der Waals surface area contributed by atoms with Crippen LogP contribution in [0.3, 0.4) is 0 Å². The van der Waals surface area contributed by atoms with Crippen molar-refractivity contribution in [3.8, 4) is 11.1 Å². The molecule has 7 nitrogen and oxygen atoms in total. The number of nitrogens with zero attached hydrogens (tertiary/aromatic N) is 5. The first-order chi connectivity index (χ1) is 13.4. The number of nitrogen functional groups attached to an aromatic ring is 1. The van der Waals surface area contributed by atoms with Crippen molar-refractivity contribution >= 4 is 17.4 Å². The highest BCUT2D eigenvalue weighted by Crippen LogP contribution is 2.30. The number of hydrogen-bond donors (Lipinski definition) is 1. The summed E-state index contributed by atoms with van der Waals surface area (Å²) in [6.45, 7) is 5.58. The first-order valence-electron chi connectivity index (χ1n) is 9.52. The zero-order valence-corrected chi connectivity index (χ0v) is 16.8. The lowest BCUT2D eigenvalue weighted by atomic mass is 10.0. The molecule has 28 heavy (non-hydrogen) atoms. The number of likely N-dealkylation sites (tertiary alicyclic amines) is 1. The van der Waals surface area contributed by atoms with E-state index >= 15 is 0 Å². The molecule has 4 rings (SSSR count). The fourth-order valence-electron chi connectivity index (χ4n) is 3.94. The fraction of sp³-hybridized carbons (Fsp3) is 0.381. The zero-order valence-electron chi connectivity index (χ0n) is 16.8. The van der Waals surface area contributed by atoms with Crippen LogP contribution in [0, 0.1) is 13.8 Å². The molecular formula is C21H26N6O. The molecule has 0 saturated carbocycles. The van der Waals surface area contributed by atoms with Gasteiger partial charge in [-0.25, -0.2) is 4.98 Å². The Kier molecular flexibility index (Phi) is 4.55. The van der Waals surface area contributed by atoms with Gasteiger partial charge in [-0.3, -0.25) is 4.79 Å². The van der Waals surface area contributed by atoms with Crippen molar-refractivity contribution in [1.82, 2.24) is 24.4 Å². The Morgan fingerprint density at radius 1 is 1.21 bits per heavy atom. The first kappa shape index (κ1) is 18.4. The minimum absolute atomic E-state index is 0.0366. The standard InChI is InChI=1S/C21H26N6O/c1-13-5-6-16(14(2)9-13)17-10-23-20-18(11-24-27(20)19(17)22)21(28)26-8-7-15(12-26)25(3)4/h5-6,9-11,15H,7-8,12,22H2,1-4H3. The van der Waals surface area contributed by atoms with Gasteiger partial charge in [-0.15, -0.1) is 0 Å². The number of aryl methyl sites for hydroxylation is 2. The summed E-state index contributed by atoms with van der Waals surface area (Å²) in [6.07, 6.45) is 4.30. The molecule has 0 aliphatic carbocycles. The lowest BCUT2D eigenvalue weighted by Gasteiger charge is -2.20. The summed E-state index contributed by atoms with van der Waals surface area (Å²) in [7, 11) is 4.09. The summed E-state index contributed by atoms with van der Waals surface area (Å²) >= 11 is 0. The van der Waals surface area contributed by atoms with E-state index in [2.05, 4.69) is 41.0 Å². The maximum atomic E-state index is 13.0. The predicted octanol–water partition coefficient (Wildman–Crippen LogP) is 2.37. The highest BCUT2D eigenvalue weighted by Gasteiger charge is 2.30. The maximum Gasteiger partial charge on any atom is 0.259 e. The minimum atomic E-state index is -0.0366. The third-order valence-corrected chi connectivity index (χ3v) is 5.65. The molecule has 2 aromatic heterocycles. The van der Waals surface area contributed by atoms with E-state index in [9.17, 15) is 4.79 Å². The Bertz CT molecular complexity index is 1050. The smallest absolute Gasteiger partial charge is 0.259 e. The van der Waals surface area contributed by atoms with Crippen LogP contribution in [0.25, 0.3) is 16.8 Å². The average Bonchev–Trinajstić information content (AvgIpc) is 3.30. The minimum Gasteiger partial charge on any atom is -0.383 e. The van der Waals surface area contributed by atoms with Gasteiger partial charge in [-0.2, -0.15) is 9.61 Å². The number of carbonyl (C=O) groups is 1. The van der Waals surface area contributed by atoms with Crippen LogP contribution in [-0.2, 0) is 0 Å². The summed E-state index contributed by atoms with van der Waals surface area (Å²) in [5.74, 6) is 0.453. The number of anilines is 1. The third-order valence-electron chi connectivity index (χ3n) is 5.65. The Morgan fingerprint density at radius 2 is 2.00 bits per heavy atom. The van der Waals surface area contributed by atoms with Gasteiger partial charge in [0.05, 0.1) is 6.20 Å². The van der Waals surface area contributed by atoms with E-state index < -0.39 is 0 Å². The molecule has 0 radical (unpaired) electrons. The Hall–Kier alpha value is -2.93. The monoisotopic (exact) mass is 378 g/mol. The molecule has 3 aromatic rings. The molecule has 1 fully saturated rings. The van der Waals surface area contributed by atoms with Crippen LogP contribution in [0.4, 0.5) is 5.82 Å². The second-order valence-corrected chi connectivity index (χ2v) is 7.83. The molecule has 1 aromatic carbocycles. The van der Waals surface area contributed by atoms with Gasteiger partial charge >= 0.3 is 0 Å². The van der Waals surface area contributed by atoms with Gasteiger partial charge in [0.25, 0.3) is 5.91 Å². The highest BCUT2D eigenvalue weighted by atomic mass is 16.2. The quantitative estimate of drug-likeness (QED) is 0.757. The lowest BCUT2D eigenvalue weighted by Crippen LogP contribution is -2.34. The van der Waals surface area contributed by atoms with E-state index in [1.54, 1.807) is 16.9 Å². The number of benzene rings is 1. The topological polar surface area (TPSA) is 79.8 Å². The second-order valence-electron chi connectivity index (χ2n) is 7.83. The Balaban J connectivity index is 1.70. The molecule has 1 atom stereocenters. The summed E-state index contributed by atoms with van der Waals surface area (Å²) < 4.78 is 1.57. The summed E-state index contributed by atoms with van der Waals surface area (Å²) in [6, 6.07) is 6.61. The van der Waals surface area contributed by atoms with E-state index in [0.29, 0.717) is 23.1 Å². The van der Waals surface area contributed by atoms with E-state index in [1.165, 1.54) is 5.56 Å². The van der Waals surface area contributed by atoms with Gasteiger partial charge in [0.1, 0.15) is 11.4 Å². The fourth-order valence-corrected chi connectivity index (χ4v) is 3.94. The number of likely N-dealkylation sites (N-methyl/N-ethyl adjacent to an activating group) is 1. The largest absolute Gasteiger partial charge is 0.383 e. The lowest BCUT2D eigenvalue weighted by molar-refractivity contribution is 0.0785. The van der Waals surface area contributed by atoms with Crippen LogP contribution in [-0.4, -0.2) is 63.5 Å². The van der Waals surface area contributed by atoms with Gasteiger partial charge in [0.15, 0.2) is 5.65 Å². The summed E-state index contributed by atoms with van der Waals surface area (Å²) in [4.78, 5) is 21.6. The van der Waals surface area contributed by atoms with Gasteiger partial charge in [0.2, 0.25) is 0 Å². The molecule has 1 aliphatic heterocycles. The molecule has 0 spiro atoms. The molecule has 1 unspecified atom stereocenters. The maximum absolute atomic E-state index is 13.0. The molecule has 2 N–H and O–H groups in total. The van der Waals surface area contributed by atoms with Crippen molar-refractivity contribution < 1.29 is 4.79 Å². The van der Waals surface area contributed by atoms with Crippen molar-refractivity contribution in [3.05, 3.63) is 47.3 Å². The van der Waals surface area contributed by atoms with Crippen LogP contribution >= 0.6 is 0 Å². The number of rotatable bonds is 3. The third kappa shape index (κ3) is 3.01. The average molecular weight is 378 g/mol. The van der Waals surface area contributed by atoms with Crippen molar-refractivity contribution in [2.24, 2.45) is 0 Å². The number of amides is 1. The highest BCUT2D eigenvalue weighted by molar-refractivity contribution is 6.00. The Morgan fingerprint density at radius 3 is 2.68 bits per heavy atom. The van der Waals surface area contributed by atoms with Crippen molar-refractivity contribution in [1.29, 1.82) is 0 Å². The Labute approximate surface area is 164 Å². The normalized spacial score (nSPS) is 17.0. The SMILES string of the molecule is Cc1ccc(-c2cnc3c(C(=O)N4CCC(N(C)C)C4)cnn3c2N)c(C)c1. The van der Waals surface area contributed by atoms with Crippen molar-refractivity contribution in [3.63, 3.8) is 0 Å². The van der Waals surface area contributed by atoms with Crippen LogP contribution in [0.5, 0.6) is 0 Å². The summed E-state index contributed by atoms with van der Waals surface area (Å²) in [5, 5.41) is 4.37. The van der Waals surface area contributed by atoms with Gasteiger partial charge in [-0.1, -0.05) is 23.8 Å². The van der Waals surface area contributed by atoms with Gasteiger partial charge in [-0.05, 0) is 45.5 Å². The molecule has 1 amide bonds. The van der Waals surface area contributed by atoms with E-state index in [-0.39, 0.29) is 5.91 Å². The number of carbonyl (C=O) groups excluding carboxylic acids is 1. The molecule has 3 heterocycles. The van der Waals surface area contributed by atoms with Crippen LogP contribution < -0.4 is 5.73 Å². The summed E-state index contributed by atoms with van der Waals surface area (Å²) in [5.41, 5.74) is 11.6. The second kappa shape index (κ2) is 6.91.